The highest BCUT2D eigenvalue weighted by Gasteiger charge is 2.28. The fraction of sp³-hybridized carbons (Fsp3) is 0.917. The zero-order valence-electron chi connectivity index (χ0n) is 10.1. The Balaban J connectivity index is 2.32. The van der Waals surface area contributed by atoms with Gasteiger partial charge in [0.05, 0.1) is 6.04 Å². The fourth-order valence-electron chi connectivity index (χ4n) is 2.29. The molecule has 2 unspecified atom stereocenters. The van der Waals surface area contributed by atoms with Crippen LogP contribution in [0.1, 0.15) is 45.4 Å². The highest BCUT2D eigenvalue weighted by molar-refractivity contribution is 5.81. The van der Waals surface area contributed by atoms with Crippen molar-refractivity contribution in [1.29, 1.82) is 0 Å². The van der Waals surface area contributed by atoms with E-state index in [1.165, 1.54) is 0 Å². The number of carbonyl (C=O) groups is 1. The molecule has 16 heavy (non-hydrogen) atoms. The Morgan fingerprint density at radius 2 is 2.31 bits per heavy atom. The molecule has 4 N–H and O–H groups in total. The third kappa shape index (κ3) is 3.76. The van der Waals surface area contributed by atoms with Crippen LogP contribution in [0.5, 0.6) is 0 Å². The monoisotopic (exact) mass is 228 g/mol. The summed E-state index contributed by atoms with van der Waals surface area (Å²) in [5.74, 6) is 0.168. The van der Waals surface area contributed by atoms with Gasteiger partial charge in [0.2, 0.25) is 5.91 Å². The third-order valence-corrected chi connectivity index (χ3v) is 3.43. The molecule has 1 rings (SSSR count). The first-order valence-corrected chi connectivity index (χ1v) is 6.35. The van der Waals surface area contributed by atoms with E-state index in [2.05, 4.69) is 12.2 Å². The maximum atomic E-state index is 11.7. The molecule has 4 heteroatoms. The maximum Gasteiger partial charge on any atom is 0.237 e. The van der Waals surface area contributed by atoms with Gasteiger partial charge in [-0.05, 0) is 19.3 Å². The van der Waals surface area contributed by atoms with E-state index in [9.17, 15) is 4.79 Å². The lowest BCUT2D eigenvalue weighted by Crippen LogP contribution is -2.47. The number of aliphatic hydroxyl groups is 1. The van der Waals surface area contributed by atoms with Crippen molar-refractivity contribution < 1.29 is 9.90 Å². The molecule has 0 spiro atoms. The summed E-state index contributed by atoms with van der Waals surface area (Å²) in [6, 6.07) is -0.259. The number of hydrogen-bond acceptors (Lipinski definition) is 3. The molecule has 1 aliphatic carbocycles. The second kappa shape index (κ2) is 6.86. The van der Waals surface area contributed by atoms with E-state index < -0.39 is 0 Å². The van der Waals surface area contributed by atoms with Gasteiger partial charge in [0.25, 0.3) is 0 Å². The van der Waals surface area contributed by atoms with Gasteiger partial charge in [0, 0.05) is 18.6 Å². The lowest BCUT2D eigenvalue weighted by atomic mass is 10.0. The Morgan fingerprint density at radius 1 is 1.56 bits per heavy atom. The zero-order chi connectivity index (χ0) is 12.0. The minimum atomic E-state index is -0.389. The van der Waals surface area contributed by atoms with Crippen molar-refractivity contribution in [3.8, 4) is 0 Å². The summed E-state index contributed by atoms with van der Waals surface area (Å²) in [5, 5.41) is 12.1. The molecule has 1 saturated carbocycles. The van der Waals surface area contributed by atoms with Crippen LogP contribution in [0.4, 0.5) is 0 Å². The number of amides is 1. The smallest absolute Gasteiger partial charge is 0.237 e. The van der Waals surface area contributed by atoms with Gasteiger partial charge >= 0.3 is 0 Å². The first-order valence-electron chi connectivity index (χ1n) is 6.35. The SMILES string of the molecule is CCCC[C@H](N)C(=O)NC1CCCC1CO. The molecule has 94 valence electrons. The first-order chi connectivity index (χ1) is 7.69. The van der Waals surface area contributed by atoms with Crippen LogP contribution in [0.25, 0.3) is 0 Å². The van der Waals surface area contributed by atoms with Crippen LogP contribution in [0.3, 0.4) is 0 Å². The van der Waals surface area contributed by atoms with Crippen LogP contribution >= 0.6 is 0 Å². The summed E-state index contributed by atoms with van der Waals surface area (Å²) in [6.07, 6.45) is 5.86. The highest BCUT2D eigenvalue weighted by Crippen LogP contribution is 2.25. The van der Waals surface area contributed by atoms with Crippen LogP contribution < -0.4 is 11.1 Å². The van der Waals surface area contributed by atoms with Crippen molar-refractivity contribution in [2.45, 2.75) is 57.5 Å². The summed E-state index contributed by atoms with van der Waals surface area (Å²) in [6.45, 7) is 2.25. The molecule has 0 radical (unpaired) electrons. The first kappa shape index (κ1) is 13.5. The molecule has 0 aromatic carbocycles. The molecular formula is C12H24N2O2. The highest BCUT2D eigenvalue weighted by atomic mass is 16.3. The van der Waals surface area contributed by atoms with E-state index in [1.807, 2.05) is 0 Å². The van der Waals surface area contributed by atoms with Crippen LogP contribution in [0.15, 0.2) is 0 Å². The van der Waals surface area contributed by atoms with Crippen LogP contribution in [0, 0.1) is 5.92 Å². The lowest BCUT2D eigenvalue weighted by Gasteiger charge is -2.21. The summed E-state index contributed by atoms with van der Waals surface area (Å²) in [5.41, 5.74) is 5.79. The van der Waals surface area contributed by atoms with E-state index in [0.29, 0.717) is 0 Å². The van der Waals surface area contributed by atoms with Gasteiger partial charge in [-0.1, -0.05) is 26.2 Å². The van der Waals surface area contributed by atoms with Gasteiger partial charge in [-0.2, -0.15) is 0 Å². The molecule has 4 nitrogen and oxygen atoms in total. The zero-order valence-corrected chi connectivity index (χ0v) is 10.1. The standard InChI is InChI=1S/C12H24N2O2/c1-2-3-6-10(13)12(16)14-11-7-4-5-9(11)8-15/h9-11,15H,2-8,13H2,1H3,(H,14,16)/t9?,10-,11?/m0/s1. The van der Waals surface area contributed by atoms with E-state index in [0.717, 1.165) is 38.5 Å². The maximum absolute atomic E-state index is 11.7. The van der Waals surface area contributed by atoms with Gasteiger partial charge in [-0.25, -0.2) is 0 Å². The Morgan fingerprint density at radius 3 is 2.94 bits per heavy atom. The van der Waals surface area contributed by atoms with E-state index in [1.54, 1.807) is 0 Å². The second-order valence-electron chi connectivity index (χ2n) is 4.74. The van der Waals surface area contributed by atoms with Gasteiger partial charge in [-0.3, -0.25) is 4.79 Å². The molecule has 1 amide bonds. The predicted octanol–water partition coefficient (Wildman–Crippen LogP) is 0.781. The van der Waals surface area contributed by atoms with Crippen molar-refractivity contribution in [2.24, 2.45) is 11.7 Å². The Bertz CT molecular complexity index is 221. The molecule has 0 aromatic heterocycles. The number of nitrogens with one attached hydrogen (secondary N) is 1. The second-order valence-corrected chi connectivity index (χ2v) is 4.74. The van der Waals surface area contributed by atoms with E-state index in [-0.39, 0.29) is 30.5 Å². The van der Waals surface area contributed by atoms with Gasteiger partial charge in [0.1, 0.15) is 0 Å². The average Bonchev–Trinajstić information content (AvgIpc) is 2.72. The molecular weight excluding hydrogens is 204 g/mol. The number of hydrogen-bond donors (Lipinski definition) is 3. The largest absolute Gasteiger partial charge is 0.396 e. The summed E-state index contributed by atoms with van der Waals surface area (Å²) < 4.78 is 0. The van der Waals surface area contributed by atoms with Gasteiger partial charge in [-0.15, -0.1) is 0 Å². The molecule has 0 aromatic rings. The fourth-order valence-corrected chi connectivity index (χ4v) is 2.29. The molecule has 0 saturated heterocycles. The van der Waals surface area contributed by atoms with Crippen LogP contribution in [-0.2, 0) is 4.79 Å². The molecule has 1 aliphatic rings. The molecule has 0 aliphatic heterocycles. The number of aliphatic hydroxyl groups excluding tert-OH is 1. The van der Waals surface area contributed by atoms with Gasteiger partial charge in [0.15, 0.2) is 0 Å². The summed E-state index contributed by atoms with van der Waals surface area (Å²) >= 11 is 0. The molecule has 1 fully saturated rings. The van der Waals surface area contributed by atoms with Crippen molar-refractivity contribution in [3.63, 3.8) is 0 Å². The normalized spacial score (nSPS) is 26.7. The minimum absolute atomic E-state index is 0.0567. The minimum Gasteiger partial charge on any atom is -0.396 e. The number of carbonyl (C=O) groups excluding carboxylic acids is 1. The van der Waals surface area contributed by atoms with Crippen molar-refractivity contribution >= 4 is 5.91 Å². The summed E-state index contributed by atoms with van der Waals surface area (Å²) in [7, 11) is 0. The Kier molecular flexibility index (Phi) is 5.77. The lowest BCUT2D eigenvalue weighted by molar-refractivity contribution is -0.123. The molecule has 0 heterocycles. The third-order valence-electron chi connectivity index (χ3n) is 3.43. The Labute approximate surface area is 97.6 Å². The van der Waals surface area contributed by atoms with Crippen molar-refractivity contribution in [2.75, 3.05) is 6.61 Å². The topological polar surface area (TPSA) is 75.4 Å². The van der Waals surface area contributed by atoms with Crippen LogP contribution in [-0.4, -0.2) is 29.7 Å². The molecule has 0 bridgehead atoms. The number of nitrogens with two attached hydrogens (primary N) is 1. The quantitative estimate of drug-likeness (QED) is 0.629. The number of rotatable bonds is 6. The Hall–Kier alpha value is -0.610. The number of unbranched alkanes of at least 4 members (excludes halogenated alkanes) is 1. The van der Waals surface area contributed by atoms with Crippen LogP contribution in [0.2, 0.25) is 0 Å². The van der Waals surface area contributed by atoms with Crippen molar-refractivity contribution in [1.82, 2.24) is 5.32 Å². The van der Waals surface area contributed by atoms with E-state index >= 15 is 0 Å². The van der Waals surface area contributed by atoms with E-state index in [4.69, 9.17) is 10.8 Å². The average molecular weight is 228 g/mol. The predicted molar refractivity (Wildman–Crippen MR) is 63.9 cm³/mol. The van der Waals surface area contributed by atoms with Gasteiger partial charge < -0.3 is 16.2 Å². The molecule has 3 atom stereocenters. The summed E-state index contributed by atoms with van der Waals surface area (Å²) in [4.78, 5) is 11.7. The van der Waals surface area contributed by atoms with Crippen molar-refractivity contribution in [3.05, 3.63) is 0 Å².